The lowest BCUT2D eigenvalue weighted by Gasteiger charge is -2.27. The van der Waals surface area contributed by atoms with Crippen LogP contribution in [0, 0.1) is 11.3 Å². The van der Waals surface area contributed by atoms with Crippen molar-refractivity contribution in [1.82, 2.24) is 0 Å². The highest BCUT2D eigenvalue weighted by Crippen LogP contribution is 2.37. The summed E-state index contributed by atoms with van der Waals surface area (Å²) in [6.45, 7) is 4.49. The molecule has 0 aliphatic rings. The largest absolute Gasteiger partial charge is 0.466 e. The maximum atomic E-state index is 11.9. The highest BCUT2D eigenvalue weighted by molar-refractivity contribution is 6.34. The number of benzene rings is 1. The molecule has 0 spiro atoms. The maximum absolute atomic E-state index is 11.9. The highest BCUT2D eigenvalue weighted by atomic mass is 35.5. The van der Waals surface area contributed by atoms with Gasteiger partial charge < -0.3 is 9.47 Å². The lowest BCUT2D eigenvalue weighted by molar-refractivity contribution is -0.144. The van der Waals surface area contributed by atoms with Crippen molar-refractivity contribution in [3.05, 3.63) is 33.8 Å². The fraction of sp³-hybridized carbons (Fsp3) is 0.550. The third-order valence-electron chi connectivity index (χ3n) is 4.08. The van der Waals surface area contributed by atoms with Gasteiger partial charge in [0.05, 0.1) is 24.7 Å². The molecule has 0 aliphatic carbocycles. The van der Waals surface area contributed by atoms with Crippen molar-refractivity contribution in [2.24, 2.45) is 0 Å². The molecule has 0 bridgehead atoms. The van der Waals surface area contributed by atoms with E-state index in [0.717, 1.165) is 12.8 Å². The number of nitrogens with zero attached hydrogens (tertiary/aromatic N) is 1. The number of carbonyl (C=O) groups excluding carboxylic acids is 2. The van der Waals surface area contributed by atoms with Gasteiger partial charge in [0.15, 0.2) is 0 Å². The summed E-state index contributed by atoms with van der Waals surface area (Å²) >= 11 is 12.2. The van der Waals surface area contributed by atoms with Crippen LogP contribution in [0.1, 0.15) is 57.9 Å². The van der Waals surface area contributed by atoms with E-state index in [1.54, 1.807) is 18.2 Å². The molecule has 0 saturated carbocycles. The number of rotatable bonds is 11. The van der Waals surface area contributed by atoms with E-state index in [1.807, 2.05) is 13.8 Å². The van der Waals surface area contributed by atoms with Gasteiger partial charge in [-0.1, -0.05) is 37.0 Å². The molecule has 5 nitrogen and oxygen atoms in total. The summed E-state index contributed by atoms with van der Waals surface area (Å²) in [5.41, 5.74) is -0.514. The second-order valence-corrected chi connectivity index (χ2v) is 7.17. The van der Waals surface area contributed by atoms with E-state index < -0.39 is 5.41 Å². The third kappa shape index (κ3) is 7.78. The van der Waals surface area contributed by atoms with Crippen molar-refractivity contribution >= 4 is 35.1 Å². The number of nitriles is 1. The lowest BCUT2D eigenvalue weighted by atomic mass is 9.74. The van der Waals surface area contributed by atoms with Gasteiger partial charge in [-0.3, -0.25) is 9.59 Å². The Morgan fingerprint density at radius 2 is 1.41 bits per heavy atom. The molecule has 0 aromatic heterocycles. The zero-order valence-electron chi connectivity index (χ0n) is 15.7. The monoisotopic (exact) mass is 413 g/mol. The first-order chi connectivity index (χ1) is 12.9. The van der Waals surface area contributed by atoms with Crippen LogP contribution in [-0.2, 0) is 24.5 Å². The Kier molecular flexibility index (Phi) is 10.2. The molecule has 0 saturated heterocycles. The number of ether oxygens (including phenoxy) is 2. The summed E-state index contributed by atoms with van der Waals surface area (Å²) in [6.07, 6.45) is 1.96. The number of hydrogen-bond acceptors (Lipinski definition) is 5. The van der Waals surface area contributed by atoms with Crippen molar-refractivity contribution in [3.63, 3.8) is 0 Å². The van der Waals surface area contributed by atoms with Gasteiger partial charge >= 0.3 is 11.9 Å². The molecule has 0 unspecified atom stereocenters. The second-order valence-electron chi connectivity index (χ2n) is 6.29. The smallest absolute Gasteiger partial charge is 0.305 e. The molecule has 0 heterocycles. The topological polar surface area (TPSA) is 76.4 Å². The highest BCUT2D eigenvalue weighted by Gasteiger charge is 2.34. The molecule has 1 aromatic rings. The van der Waals surface area contributed by atoms with E-state index >= 15 is 0 Å². The van der Waals surface area contributed by atoms with Crippen molar-refractivity contribution in [2.45, 2.75) is 57.8 Å². The lowest BCUT2D eigenvalue weighted by Crippen LogP contribution is -2.27. The third-order valence-corrected chi connectivity index (χ3v) is 4.51. The summed E-state index contributed by atoms with van der Waals surface area (Å²) < 4.78 is 10.2. The van der Waals surface area contributed by atoms with E-state index in [9.17, 15) is 14.9 Å². The van der Waals surface area contributed by atoms with Crippen LogP contribution < -0.4 is 0 Å². The zero-order valence-corrected chi connectivity index (χ0v) is 17.2. The summed E-state index contributed by atoms with van der Waals surface area (Å²) in [7, 11) is 0. The molecule has 27 heavy (non-hydrogen) atoms. The van der Waals surface area contributed by atoms with Crippen molar-refractivity contribution in [1.29, 1.82) is 5.26 Å². The van der Waals surface area contributed by atoms with E-state index in [0.29, 0.717) is 28.8 Å². The number of esters is 2. The summed E-state index contributed by atoms with van der Waals surface area (Å²) in [5, 5.41) is 10.7. The molecule has 0 amide bonds. The number of halogens is 2. The average Bonchev–Trinajstić information content (AvgIpc) is 2.64. The van der Waals surface area contributed by atoms with Gasteiger partial charge in [-0.25, -0.2) is 0 Å². The molecule has 0 aliphatic heterocycles. The minimum Gasteiger partial charge on any atom is -0.466 e. The van der Waals surface area contributed by atoms with Gasteiger partial charge in [0.25, 0.3) is 0 Å². The number of hydrogen-bond donors (Lipinski definition) is 0. The Morgan fingerprint density at radius 3 is 1.78 bits per heavy atom. The van der Waals surface area contributed by atoms with Crippen LogP contribution in [0.2, 0.25) is 10.0 Å². The standard InChI is InChI=1S/C20H25Cl2NO4/c1-3-9-26-18(24)5-7-20(14-23,8-6-19(25)27-10-4-2)15-11-16(21)13-17(22)12-15/h11-13H,3-10H2,1-2H3. The molecule has 148 valence electrons. The Morgan fingerprint density at radius 1 is 0.963 bits per heavy atom. The minimum absolute atomic E-state index is 0.0572. The first-order valence-electron chi connectivity index (χ1n) is 9.06. The van der Waals surface area contributed by atoms with E-state index in [4.69, 9.17) is 32.7 Å². The fourth-order valence-corrected chi connectivity index (χ4v) is 3.15. The molecule has 1 rings (SSSR count). The Bertz CT molecular complexity index is 641. The number of carbonyl (C=O) groups is 2. The predicted octanol–water partition coefficient (Wildman–Crippen LogP) is 5.22. The van der Waals surface area contributed by atoms with Crippen LogP contribution in [0.5, 0.6) is 0 Å². The van der Waals surface area contributed by atoms with Crippen molar-refractivity contribution in [2.75, 3.05) is 13.2 Å². The molecular formula is C20H25Cl2NO4. The summed E-state index contributed by atoms with van der Waals surface area (Å²) in [6, 6.07) is 7.13. The van der Waals surface area contributed by atoms with Gasteiger partial charge in [0, 0.05) is 22.9 Å². The second kappa shape index (κ2) is 11.8. The fourth-order valence-electron chi connectivity index (χ4n) is 2.63. The van der Waals surface area contributed by atoms with Crippen molar-refractivity contribution in [3.8, 4) is 6.07 Å². The zero-order chi connectivity index (χ0) is 20.3. The SMILES string of the molecule is CCCOC(=O)CCC(C#N)(CCC(=O)OCCC)c1cc(Cl)cc(Cl)c1. The maximum Gasteiger partial charge on any atom is 0.305 e. The van der Waals surface area contributed by atoms with Gasteiger partial charge in [-0.05, 0) is 49.4 Å². The minimum atomic E-state index is -1.09. The summed E-state index contributed by atoms with van der Waals surface area (Å²) in [5.74, 6) is -0.753. The van der Waals surface area contributed by atoms with Gasteiger partial charge in [0.1, 0.15) is 0 Å². The van der Waals surface area contributed by atoms with Gasteiger partial charge in [-0.15, -0.1) is 0 Å². The first-order valence-corrected chi connectivity index (χ1v) is 9.81. The summed E-state index contributed by atoms with van der Waals surface area (Å²) in [4.78, 5) is 23.9. The van der Waals surface area contributed by atoms with E-state index in [1.165, 1.54) is 0 Å². The molecule has 0 fully saturated rings. The van der Waals surface area contributed by atoms with Gasteiger partial charge in [0.2, 0.25) is 0 Å². The molecule has 0 N–H and O–H groups in total. The van der Waals surface area contributed by atoms with Crippen LogP contribution in [0.25, 0.3) is 0 Å². The Hall–Kier alpha value is -1.77. The van der Waals surface area contributed by atoms with Crippen LogP contribution in [0.3, 0.4) is 0 Å². The van der Waals surface area contributed by atoms with E-state index in [2.05, 4.69) is 6.07 Å². The quantitative estimate of drug-likeness (QED) is 0.464. The Labute approximate surface area is 170 Å². The van der Waals surface area contributed by atoms with E-state index in [-0.39, 0.29) is 37.6 Å². The van der Waals surface area contributed by atoms with Crippen LogP contribution in [0.4, 0.5) is 0 Å². The van der Waals surface area contributed by atoms with Crippen LogP contribution >= 0.6 is 23.2 Å². The molecular weight excluding hydrogens is 389 g/mol. The van der Waals surface area contributed by atoms with Crippen LogP contribution in [0.15, 0.2) is 18.2 Å². The van der Waals surface area contributed by atoms with Crippen molar-refractivity contribution < 1.29 is 19.1 Å². The first kappa shape index (κ1) is 23.3. The van der Waals surface area contributed by atoms with Crippen LogP contribution in [-0.4, -0.2) is 25.2 Å². The molecule has 0 radical (unpaired) electrons. The predicted molar refractivity (Wildman–Crippen MR) is 105 cm³/mol. The Balaban J connectivity index is 3.03. The normalized spacial score (nSPS) is 10.9. The molecule has 7 heteroatoms. The molecule has 0 atom stereocenters. The van der Waals surface area contributed by atoms with Gasteiger partial charge in [-0.2, -0.15) is 5.26 Å². The molecule has 1 aromatic carbocycles. The average molecular weight is 414 g/mol.